The Labute approximate surface area is 153 Å². The molecule has 130 valence electrons. The average molecular weight is 342 g/mol. The maximum Gasteiger partial charge on any atom is 0.123 e. The van der Waals surface area contributed by atoms with E-state index in [-0.39, 0.29) is 0 Å². The Morgan fingerprint density at radius 3 is 2.35 bits per heavy atom. The molecule has 1 heterocycles. The summed E-state index contributed by atoms with van der Waals surface area (Å²) < 4.78 is 7.85. The van der Waals surface area contributed by atoms with Gasteiger partial charge < -0.3 is 9.30 Å². The van der Waals surface area contributed by atoms with Crippen LogP contribution in [0.15, 0.2) is 72.8 Å². The predicted molar refractivity (Wildman–Crippen MR) is 106 cm³/mol. The van der Waals surface area contributed by atoms with Crippen molar-refractivity contribution in [2.45, 2.75) is 19.9 Å². The van der Waals surface area contributed by atoms with Crippen LogP contribution in [0.1, 0.15) is 22.5 Å². The zero-order chi connectivity index (χ0) is 17.9. The van der Waals surface area contributed by atoms with Crippen LogP contribution in [0.4, 0.5) is 0 Å². The molecule has 1 aromatic heterocycles. The lowest BCUT2D eigenvalue weighted by Crippen LogP contribution is -2.07. The monoisotopic (exact) mass is 342 g/mol. The highest BCUT2D eigenvalue weighted by atomic mass is 16.5. The van der Waals surface area contributed by atoms with Gasteiger partial charge in [0.15, 0.2) is 0 Å². The van der Waals surface area contributed by atoms with Crippen LogP contribution in [0.2, 0.25) is 0 Å². The molecular weight excluding hydrogens is 320 g/mol. The summed E-state index contributed by atoms with van der Waals surface area (Å²) in [5.41, 5.74) is 5.95. The molecule has 0 amide bonds. The first kappa shape index (κ1) is 16.4. The molecule has 0 saturated carbocycles. The van der Waals surface area contributed by atoms with E-state index in [1.165, 1.54) is 11.1 Å². The maximum absolute atomic E-state index is 5.55. The Kier molecular flexibility index (Phi) is 4.44. The van der Waals surface area contributed by atoms with E-state index in [1.54, 1.807) is 7.11 Å². The van der Waals surface area contributed by atoms with Crippen molar-refractivity contribution in [3.05, 3.63) is 95.3 Å². The molecule has 0 atom stereocenters. The number of nitrogens with zero attached hydrogens (tertiary/aromatic N) is 2. The van der Waals surface area contributed by atoms with Gasteiger partial charge in [-0.2, -0.15) is 0 Å². The van der Waals surface area contributed by atoms with E-state index in [0.29, 0.717) is 0 Å². The Hall–Kier alpha value is -3.07. The van der Waals surface area contributed by atoms with Crippen molar-refractivity contribution < 1.29 is 4.74 Å². The minimum Gasteiger partial charge on any atom is -0.496 e. The average Bonchev–Trinajstić information content (AvgIpc) is 3.01. The Bertz CT molecular complexity index is 1050. The van der Waals surface area contributed by atoms with Gasteiger partial charge in [0.05, 0.1) is 24.7 Å². The number of imidazole rings is 1. The highest BCUT2D eigenvalue weighted by Gasteiger charge is 2.14. The summed E-state index contributed by atoms with van der Waals surface area (Å²) in [5.74, 6) is 1.98. The Morgan fingerprint density at radius 1 is 0.846 bits per heavy atom. The zero-order valence-corrected chi connectivity index (χ0v) is 15.1. The van der Waals surface area contributed by atoms with E-state index in [0.717, 1.165) is 41.1 Å². The second-order valence-corrected chi connectivity index (χ2v) is 6.52. The summed E-state index contributed by atoms with van der Waals surface area (Å²) in [6.45, 7) is 2.90. The zero-order valence-electron chi connectivity index (χ0n) is 15.1. The van der Waals surface area contributed by atoms with Crippen LogP contribution in [0, 0.1) is 6.92 Å². The minimum atomic E-state index is 0.742. The van der Waals surface area contributed by atoms with Crippen molar-refractivity contribution in [1.82, 2.24) is 9.55 Å². The third-order valence-electron chi connectivity index (χ3n) is 4.86. The molecule has 0 spiro atoms. The van der Waals surface area contributed by atoms with Crippen LogP contribution in [-0.4, -0.2) is 16.7 Å². The molecule has 0 saturated heterocycles. The molecule has 0 aliphatic heterocycles. The minimum absolute atomic E-state index is 0.742. The fourth-order valence-corrected chi connectivity index (χ4v) is 3.42. The van der Waals surface area contributed by atoms with E-state index in [4.69, 9.17) is 9.72 Å². The number of benzene rings is 3. The van der Waals surface area contributed by atoms with E-state index in [1.807, 2.05) is 18.2 Å². The van der Waals surface area contributed by atoms with Crippen molar-refractivity contribution in [2.24, 2.45) is 0 Å². The molecule has 0 bridgehead atoms. The van der Waals surface area contributed by atoms with E-state index < -0.39 is 0 Å². The van der Waals surface area contributed by atoms with Gasteiger partial charge in [0.1, 0.15) is 11.6 Å². The number of para-hydroxylation sites is 3. The quantitative estimate of drug-likeness (QED) is 0.511. The van der Waals surface area contributed by atoms with E-state index in [9.17, 15) is 0 Å². The molecule has 3 aromatic carbocycles. The normalized spacial score (nSPS) is 11.0. The van der Waals surface area contributed by atoms with Gasteiger partial charge >= 0.3 is 0 Å². The van der Waals surface area contributed by atoms with Gasteiger partial charge in [0, 0.05) is 12.0 Å². The third-order valence-corrected chi connectivity index (χ3v) is 4.86. The van der Waals surface area contributed by atoms with E-state index in [2.05, 4.69) is 66.1 Å². The van der Waals surface area contributed by atoms with Crippen LogP contribution in [0.25, 0.3) is 11.0 Å². The van der Waals surface area contributed by atoms with Crippen LogP contribution in [0.3, 0.4) is 0 Å². The molecule has 26 heavy (non-hydrogen) atoms. The fourth-order valence-electron chi connectivity index (χ4n) is 3.42. The van der Waals surface area contributed by atoms with Gasteiger partial charge in [-0.1, -0.05) is 54.6 Å². The van der Waals surface area contributed by atoms with Gasteiger partial charge in [-0.3, -0.25) is 0 Å². The molecule has 0 N–H and O–H groups in total. The van der Waals surface area contributed by atoms with Crippen molar-refractivity contribution in [3.63, 3.8) is 0 Å². The predicted octanol–water partition coefficient (Wildman–Crippen LogP) is 4.99. The SMILES string of the molecule is COc1ccccc1Cn1c(Cc2ccccc2C)nc2ccccc21. The first-order valence-corrected chi connectivity index (χ1v) is 8.87. The van der Waals surface area contributed by atoms with Crippen molar-refractivity contribution in [1.29, 1.82) is 0 Å². The van der Waals surface area contributed by atoms with Gasteiger partial charge in [-0.25, -0.2) is 4.98 Å². The Morgan fingerprint density at radius 2 is 1.54 bits per heavy atom. The lowest BCUT2D eigenvalue weighted by atomic mass is 10.1. The van der Waals surface area contributed by atoms with Crippen molar-refractivity contribution in [3.8, 4) is 5.75 Å². The first-order chi connectivity index (χ1) is 12.8. The molecule has 4 rings (SSSR count). The van der Waals surface area contributed by atoms with Crippen LogP contribution < -0.4 is 4.74 Å². The topological polar surface area (TPSA) is 27.1 Å². The van der Waals surface area contributed by atoms with Crippen molar-refractivity contribution in [2.75, 3.05) is 7.11 Å². The largest absolute Gasteiger partial charge is 0.496 e. The summed E-state index contributed by atoms with van der Waals surface area (Å²) in [5, 5.41) is 0. The number of aromatic nitrogens is 2. The number of hydrogen-bond donors (Lipinski definition) is 0. The van der Waals surface area contributed by atoms with Crippen molar-refractivity contribution >= 4 is 11.0 Å². The lowest BCUT2D eigenvalue weighted by molar-refractivity contribution is 0.408. The van der Waals surface area contributed by atoms with E-state index >= 15 is 0 Å². The molecule has 0 aliphatic rings. The van der Waals surface area contributed by atoms with Crippen LogP contribution >= 0.6 is 0 Å². The summed E-state index contributed by atoms with van der Waals surface area (Å²) in [6, 6.07) is 25.0. The number of methoxy groups -OCH3 is 1. The molecule has 3 nitrogen and oxygen atoms in total. The lowest BCUT2D eigenvalue weighted by Gasteiger charge is -2.13. The molecule has 4 aromatic rings. The van der Waals surface area contributed by atoms with Crippen LogP contribution in [-0.2, 0) is 13.0 Å². The molecule has 3 heteroatoms. The van der Waals surface area contributed by atoms with Crippen LogP contribution in [0.5, 0.6) is 5.75 Å². The molecule has 0 aliphatic carbocycles. The Balaban J connectivity index is 1.80. The number of hydrogen-bond acceptors (Lipinski definition) is 2. The molecule has 0 unspecified atom stereocenters. The first-order valence-electron chi connectivity index (χ1n) is 8.87. The molecule has 0 fully saturated rings. The van der Waals surface area contributed by atoms with Gasteiger partial charge in [-0.05, 0) is 36.2 Å². The number of aryl methyl sites for hydroxylation is 1. The van der Waals surface area contributed by atoms with Gasteiger partial charge in [0.25, 0.3) is 0 Å². The highest BCUT2D eigenvalue weighted by molar-refractivity contribution is 5.76. The summed E-state index contributed by atoms with van der Waals surface area (Å²) >= 11 is 0. The smallest absolute Gasteiger partial charge is 0.123 e. The number of rotatable bonds is 5. The molecular formula is C23H22N2O. The summed E-state index contributed by atoms with van der Waals surface area (Å²) in [7, 11) is 1.72. The molecule has 0 radical (unpaired) electrons. The van der Waals surface area contributed by atoms with Gasteiger partial charge in [-0.15, -0.1) is 0 Å². The second kappa shape index (κ2) is 7.04. The fraction of sp³-hybridized carbons (Fsp3) is 0.174. The standard InChI is InChI=1S/C23H22N2O/c1-17-9-3-4-10-18(17)15-23-24-20-12-6-7-13-21(20)25(23)16-19-11-5-8-14-22(19)26-2/h3-14H,15-16H2,1-2H3. The number of fused-ring (bicyclic) bond motifs is 1. The summed E-state index contributed by atoms with van der Waals surface area (Å²) in [4.78, 5) is 4.92. The maximum atomic E-state index is 5.55. The summed E-state index contributed by atoms with van der Waals surface area (Å²) in [6.07, 6.45) is 0.816. The van der Waals surface area contributed by atoms with Gasteiger partial charge in [0.2, 0.25) is 0 Å². The number of ether oxygens (including phenoxy) is 1. The third kappa shape index (κ3) is 3.08. The second-order valence-electron chi connectivity index (χ2n) is 6.52. The highest BCUT2D eigenvalue weighted by Crippen LogP contribution is 2.24.